The largest absolute Gasteiger partial charge is 0.347 e. The van der Waals surface area contributed by atoms with Gasteiger partial charge in [-0.15, -0.1) is 0 Å². The van der Waals surface area contributed by atoms with Crippen LogP contribution < -0.4 is 10.9 Å². The normalized spacial score (nSPS) is 20.9. The van der Waals surface area contributed by atoms with Gasteiger partial charge in [-0.3, -0.25) is 14.7 Å². The third kappa shape index (κ3) is 3.60. The highest BCUT2D eigenvalue weighted by Crippen LogP contribution is 2.23. The lowest BCUT2D eigenvalue weighted by Gasteiger charge is -2.23. The lowest BCUT2D eigenvalue weighted by molar-refractivity contribution is -0.125. The minimum Gasteiger partial charge on any atom is -0.347 e. The molecule has 3 rings (SSSR count). The Labute approximate surface area is 145 Å². The molecule has 1 saturated heterocycles. The van der Waals surface area contributed by atoms with Gasteiger partial charge < -0.3 is 5.32 Å². The molecule has 2 atom stereocenters. The fourth-order valence-electron chi connectivity index (χ4n) is 3.14. The molecular weight excluding hydrogens is 344 g/mol. The Kier molecular flexibility index (Phi) is 4.44. The summed E-state index contributed by atoms with van der Waals surface area (Å²) >= 11 is 0. The summed E-state index contributed by atoms with van der Waals surface area (Å²) in [6, 6.07) is 2.70. The number of carbonyl (C=O) groups is 1. The van der Waals surface area contributed by atoms with Gasteiger partial charge in [0.25, 0.3) is 5.56 Å². The molecule has 1 aliphatic heterocycles. The number of fused-ring (bicyclic) bond motifs is 1. The van der Waals surface area contributed by atoms with E-state index >= 15 is 0 Å². The number of amides is 1. The predicted octanol–water partition coefficient (Wildman–Crippen LogP) is 0.579. The minimum absolute atomic E-state index is 0.00338. The molecule has 2 aromatic heterocycles. The Hall–Kier alpha value is -2.16. The first-order valence-corrected chi connectivity index (χ1v) is 10.1. The van der Waals surface area contributed by atoms with E-state index in [1.54, 1.807) is 6.07 Å². The van der Waals surface area contributed by atoms with E-state index in [-0.39, 0.29) is 28.9 Å². The minimum atomic E-state index is -3.13. The molecule has 0 unspecified atom stereocenters. The second kappa shape index (κ2) is 6.29. The first-order valence-electron chi connectivity index (χ1n) is 8.26. The van der Waals surface area contributed by atoms with Gasteiger partial charge in [-0.1, -0.05) is 13.8 Å². The van der Waals surface area contributed by atoms with Gasteiger partial charge in [-0.05, 0) is 19.3 Å². The average Bonchev–Trinajstić information content (AvgIpc) is 3.06. The summed E-state index contributed by atoms with van der Waals surface area (Å²) in [6.07, 6.45) is 0.338. The highest BCUT2D eigenvalue weighted by Gasteiger charge is 2.34. The van der Waals surface area contributed by atoms with Gasteiger partial charge in [-0.2, -0.15) is 0 Å². The van der Waals surface area contributed by atoms with E-state index in [9.17, 15) is 18.0 Å². The van der Waals surface area contributed by atoms with Crippen LogP contribution in [0.25, 0.3) is 5.65 Å². The summed E-state index contributed by atoms with van der Waals surface area (Å²) in [5, 5.41) is 5.79. The molecule has 0 bridgehead atoms. The van der Waals surface area contributed by atoms with E-state index in [1.165, 1.54) is 10.6 Å². The Morgan fingerprint density at radius 1 is 1.40 bits per heavy atom. The number of nitrogens with zero attached hydrogens (tertiary/aromatic N) is 2. The Bertz CT molecular complexity index is 974. The van der Waals surface area contributed by atoms with Crippen LogP contribution in [0.4, 0.5) is 0 Å². The van der Waals surface area contributed by atoms with Crippen molar-refractivity contribution in [2.24, 2.45) is 11.8 Å². The number of aromatic amines is 1. The van der Waals surface area contributed by atoms with Crippen molar-refractivity contribution in [1.29, 1.82) is 0 Å². The summed E-state index contributed by atoms with van der Waals surface area (Å²) in [7, 11) is -3.13. The summed E-state index contributed by atoms with van der Waals surface area (Å²) in [5.74, 6) is -0.907. The lowest BCUT2D eigenvalue weighted by Crippen LogP contribution is -2.37. The third-order valence-electron chi connectivity index (χ3n) is 4.48. The number of aryl methyl sites for hydroxylation is 1. The Morgan fingerprint density at radius 2 is 2.12 bits per heavy atom. The molecule has 2 N–H and O–H groups in total. The van der Waals surface area contributed by atoms with E-state index in [4.69, 9.17) is 0 Å². The highest BCUT2D eigenvalue weighted by molar-refractivity contribution is 7.91. The van der Waals surface area contributed by atoms with Crippen molar-refractivity contribution >= 4 is 21.4 Å². The van der Waals surface area contributed by atoms with Crippen LogP contribution in [0.15, 0.2) is 16.9 Å². The molecule has 9 heteroatoms. The number of hydrogen-bond donors (Lipinski definition) is 2. The van der Waals surface area contributed by atoms with Crippen LogP contribution in [-0.2, 0) is 14.6 Å². The number of H-pyrrole nitrogens is 1. The molecule has 1 fully saturated rings. The van der Waals surface area contributed by atoms with E-state index in [1.807, 2.05) is 20.8 Å². The summed E-state index contributed by atoms with van der Waals surface area (Å²) in [4.78, 5) is 29.2. The van der Waals surface area contributed by atoms with Gasteiger partial charge in [0.1, 0.15) is 0 Å². The van der Waals surface area contributed by atoms with Crippen molar-refractivity contribution in [2.45, 2.75) is 33.2 Å². The third-order valence-corrected chi connectivity index (χ3v) is 6.25. The van der Waals surface area contributed by atoms with Gasteiger partial charge >= 0.3 is 0 Å². The van der Waals surface area contributed by atoms with Gasteiger partial charge in [0.2, 0.25) is 5.91 Å². The molecule has 0 aromatic carbocycles. The monoisotopic (exact) mass is 366 g/mol. The van der Waals surface area contributed by atoms with E-state index in [2.05, 4.69) is 15.4 Å². The zero-order valence-electron chi connectivity index (χ0n) is 14.4. The highest BCUT2D eigenvalue weighted by atomic mass is 32.2. The number of aromatic nitrogens is 3. The van der Waals surface area contributed by atoms with E-state index in [0.717, 1.165) is 5.69 Å². The van der Waals surface area contributed by atoms with Crippen LogP contribution in [0.5, 0.6) is 0 Å². The standard InChI is InChI=1S/C16H22N4O4S/c1-9(2)15(18-16(22)11-4-5-25(23,24)8-11)12-7-14(21)20-13(17-12)6-10(3)19-20/h6-7,9,11,15,19H,4-5,8H2,1-3H3,(H,18,22)/t11-,15+/m1/s1. The molecule has 25 heavy (non-hydrogen) atoms. The van der Waals surface area contributed by atoms with Crippen molar-refractivity contribution in [3.8, 4) is 0 Å². The quantitative estimate of drug-likeness (QED) is 0.822. The van der Waals surface area contributed by atoms with Crippen LogP contribution in [0, 0.1) is 18.8 Å². The van der Waals surface area contributed by atoms with Gasteiger partial charge in [-0.25, -0.2) is 17.9 Å². The van der Waals surface area contributed by atoms with Crippen molar-refractivity contribution < 1.29 is 13.2 Å². The lowest BCUT2D eigenvalue weighted by atomic mass is 9.99. The number of nitrogens with one attached hydrogen (secondary N) is 2. The zero-order chi connectivity index (χ0) is 18.4. The molecule has 0 radical (unpaired) electrons. The van der Waals surface area contributed by atoms with Crippen molar-refractivity contribution in [1.82, 2.24) is 19.9 Å². The molecule has 1 aliphatic rings. The van der Waals surface area contributed by atoms with Crippen LogP contribution in [0.2, 0.25) is 0 Å². The molecule has 136 valence electrons. The molecule has 2 aromatic rings. The summed E-state index contributed by atoms with van der Waals surface area (Å²) in [5.41, 5.74) is 1.52. The fourth-order valence-corrected chi connectivity index (χ4v) is 4.89. The van der Waals surface area contributed by atoms with Crippen molar-refractivity contribution in [3.05, 3.63) is 33.9 Å². The van der Waals surface area contributed by atoms with Crippen molar-refractivity contribution in [2.75, 3.05) is 11.5 Å². The van der Waals surface area contributed by atoms with Crippen LogP contribution in [0.3, 0.4) is 0 Å². The maximum atomic E-state index is 12.5. The smallest absolute Gasteiger partial charge is 0.272 e. The first kappa shape index (κ1) is 17.7. The second-order valence-corrected chi connectivity index (χ2v) is 9.21. The summed E-state index contributed by atoms with van der Waals surface area (Å²) in [6.45, 7) is 5.67. The molecule has 0 aliphatic carbocycles. The topological polar surface area (TPSA) is 113 Å². The number of carbonyl (C=O) groups excluding carboxylic acids is 1. The molecule has 1 amide bonds. The average molecular weight is 366 g/mol. The molecule has 0 spiro atoms. The molecule has 3 heterocycles. The summed E-state index contributed by atoms with van der Waals surface area (Å²) < 4.78 is 24.5. The molecule has 0 saturated carbocycles. The van der Waals surface area contributed by atoms with Crippen LogP contribution in [-0.4, -0.2) is 40.4 Å². The van der Waals surface area contributed by atoms with Crippen LogP contribution >= 0.6 is 0 Å². The van der Waals surface area contributed by atoms with Crippen molar-refractivity contribution in [3.63, 3.8) is 0 Å². The second-order valence-electron chi connectivity index (χ2n) is 6.98. The zero-order valence-corrected chi connectivity index (χ0v) is 15.3. The van der Waals surface area contributed by atoms with Gasteiger partial charge in [0, 0.05) is 17.8 Å². The Balaban J connectivity index is 1.89. The number of sulfone groups is 1. The number of rotatable bonds is 4. The van der Waals surface area contributed by atoms with Crippen LogP contribution in [0.1, 0.15) is 37.7 Å². The SMILES string of the molecule is Cc1cc2nc([C@@H](NC(=O)[C@@H]3CCS(=O)(=O)C3)C(C)C)cc(=O)n2[nH]1. The maximum absolute atomic E-state index is 12.5. The fraction of sp³-hybridized carbons (Fsp3) is 0.562. The first-order chi connectivity index (χ1) is 11.7. The van der Waals surface area contributed by atoms with Gasteiger partial charge in [0.05, 0.1) is 29.2 Å². The predicted molar refractivity (Wildman–Crippen MR) is 93.0 cm³/mol. The maximum Gasteiger partial charge on any atom is 0.272 e. The molecule has 8 nitrogen and oxygen atoms in total. The molecular formula is C16H22N4O4S. The Morgan fingerprint density at radius 3 is 2.72 bits per heavy atom. The van der Waals surface area contributed by atoms with E-state index < -0.39 is 21.8 Å². The van der Waals surface area contributed by atoms with Gasteiger partial charge in [0.15, 0.2) is 15.5 Å². The van der Waals surface area contributed by atoms with E-state index in [0.29, 0.717) is 17.8 Å². The number of hydrogen-bond acceptors (Lipinski definition) is 5.